The molecule has 0 aliphatic heterocycles. The van der Waals surface area contributed by atoms with Gasteiger partial charge in [0.05, 0.1) is 11.8 Å². The third-order valence-electron chi connectivity index (χ3n) is 9.27. The fourth-order valence-electron chi connectivity index (χ4n) is 6.28. The normalized spacial score (nSPS) is 12.3. The molecule has 0 aliphatic carbocycles. The van der Waals surface area contributed by atoms with E-state index < -0.39 is 53.4 Å². The van der Waals surface area contributed by atoms with E-state index in [1.807, 2.05) is 72.8 Å². The smallest absolute Gasteiger partial charge is 0.475 e. The van der Waals surface area contributed by atoms with E-state index in [2.05, 4.69) is 16.0 Å². The average molecular weight is 998 g/mol. The number of halogens is 8. The van der Waals surface area contributed by atoms with Crippen LogP contribution in [0.5, 0.6) is 0 Å². The summed E-state index contributed by atoms with van der Waals surface area (Å²) in [5.74, 6) is -7.03. The van der Waals surface area contributed by atoms with Crippen LogP contribution in [-0.2, 0) is 35.3 Å². The van der Waals surface area contributed by atoms with Crippen molar-refractivity contribution in [2.24, 2.45) is 16.9 Å². The van der Waals surface area contributed by atoms with Crippen molar-refractivity contribution in [3.8, 4) is 11.1 Å². The lowest BCUT2D eigenvalue weighted by molar-refractivity contribution is -0.193. The largest absolute Gasteiger partial charge is 0.490 e. The molecule has 0 unspecified atom stereocenters. The summed E-state index contributed by atoms with van der Waals surface area (Å²) in [5, 5.41) is 22.4. The van der Waals surface area contributed by atoms with Gasteiger partial charge in [-0.15, -0.1) is 0 Å². The van der Waals surface area contributed by atoms with Crippen LogP contribution in [-0.4, -0.2) is 118 Å². The van der Waals surface area contributed by atoms with Crippen molar-refractivity contribution in [1.82, 2.24) is 25.4 Å². The second-order valence-electron chi connectivity index (χ2n) is 16.0. The highest BCUT2D eigenvalue weighted by Crippen LogP contribution is 2.41. The van der Waals surface area contributed by atoms with Gasteiger partial charge in [-0.1, -0.05) is 51.1 Å². The SMILES string of the molecule is CC(=O)N[C@@H](CCCCN)C(=O)NCCNC(=O)CCSCC(=O)N(CCCN)[C@@H](c1cc(-c2cc(F)ccc2F)cn1Cc1ccccc1)C(C)(C)C.O=C(O)C(F)(F)F.O=C(O)C(F)(F)F. The molecule has 2 atom stereocenters. The predicted molar refractivity (Wildman–Crippen MR) is 239 cm³/mol. The Bertz CT molecular complexity index is 2060. The van der Waals surface area contributed by atoms with Gasteiger partial charge in [-0.3, -0.25) is 19.2 Å². The molecule has 0 saturated heterocycles. The van der Waals surface area contributed by atoms with Crippen LogP contribution < -0.4 is 27.4 Å². The van der Waals surface area contributed by atoms with Crippen LogP contribution in [0, 0.1) is 17.0 Å². The molecule has 3 aromatic rings. The van der Waals surface area contributed by atoms with Gasteiger partial charge in [0, 0.05) is 68.3 Å². The molecule has 9 N–H and O–H groups in total. The van der Waals surface area contributed by atoms with E-state index in [-0.39, 0.29) is 54.5 Å². The Balaban J connectivity index is 0.00000143. The van der Waals surface area contributed by atoms with Crippen LogP contribution in [0.1, 0.15) is 77.1 Å². The highest BCUT2D eigenvalue weighted by atomic mass is 32.2. The highest BCUT2D eigenvalue weighted by Gasteiger charge is 2.39. The number of thioether (sulfide) groups is 1. The minimum Gasteiger partial charge on any atom is -0.475 e. The van der Waals surface area contributed by atoms with Crippen molar-refractivity contribution in [3.05, 3.63) is 83.7 Å². The molecule has 15 nitrogen and oxygen atoms in total. The van der Waals surface area contributed by atoms with E-state index in [9.17, 15) is 49.9 Å². The maximum atomic E-state index is 15.1. The van der Waals surface area contributed by atoms with Crippen molar-refractivity contribution in [2.45, 2.75) is 90.8 Å². The van der Waals surface area contributed by atoms with Gasteiger partial charge in [0.1, 0.15) is 17.7 Å². The van der Waals surface area contributed by atoms with Gasteiger partial charge in [-0.05, 0) is 74.0 Å². The van der Waals surface area contributed by atoms with E-state index in [4.69, 9.17) is 31.3 Å². The summed E-state index contributed by atoms with van der Waals surface area (Å²) in [6.45, 7) is 9.64. The molecular formula is C44H59F8N7O8S. The van der Waals surface area contributed by atoms with E-state index in [1.165, 1.54) is 24.8 Å². The van der Waals surface area contributed by atoms with Crippen LogP contribution in [0.3, 0.4) is 0 Å². The average Bonchev–Trinajstić information content (AvgIpc) is 3.64. The van der Waals surface area contributed by atoms with Crippen molar-refractivity contribution in [2.75, 3.05) is 44.2 Å². The zero-order valence-corrected chi connectivity index (χ0v) is 38.8. The summed E-state index contributed by atoms with van der Waals surface area (Å²) in [7, 11) is 0. The molecule has 0 fully saturated rings. The van der Waals surface area contributed by atoms with E-state index in [0.29, 0.717) is 56.8 Å². The molecule has 24 heteroatoms. The molecular weight excluding hydrogens is 939 g/mol. The van der Waals surface area contributed by atoms with Gasteiger partial charge >= 0.3 is 24.3 Å². The fraction of sp³-hybridized carbons (Fsp3) is 0.500. The predicted octanol–water partition coefficient (Wildman–Crippen LogP) is 6.00. The number of aliphatic carboxylic acids is 2. The Morgan fingerprint density at radius 3 is 1.91 bits per heavy atom. The first kappa shape index (κ1) is 60.3. The highest BCUT2D eigenvalue weighted by molar-refractivity contribution is 7.99. The maximum Gasteiger partial charge on any atom is 0.490 e. The first-order valence-corrected chi connectivity index (χ1v) is 22.2. The van der Waals surface area contributed by atoms with Gasteiger partial charge in [-0.2, -0.15) is 38.1 Å². The van der Waals surface area contributed by atoms with Gasteiger partial charge in [0.2, 0.25) is 23.6 Å². The molecule has 2 aromatic carbocycles. The molecule has 4 amide bonds. The summed E-state index contributed by atoms with van der Waals surface area (Å²) in [6.07, 6.45) is -5.70. The number of alkyl halides is 6. The zero-order chi connectivity index (χ0) is 51.8. The van der Waals surface area contributed by atoms with Crippen molar-refractivity contribution in [3.63, 3.8) is 0 Å². The molecule has 3 rings (SSSR count). The number of aromatic nitrogens is 1. The monoisotopic (exact) mass is 997 g/mol. The second-order valence-corrected chi connectivity index (χ2v) is 17.1. The number of carboxylic acids is 2. The van der Waals surface area contributed by atoms with E-state index >= 15 is 4.39 Å². The number of benzene rings is 2. The Labute approximate surface area is 392 Å². The fourth-order valence-corrected chi connectivity index (χ4v) is 7.10. The zero-order valence-electron chi connectivity index (χ0n) is 37.9. The lowest BCUT2D eigenvalue weighted by Crippen LogP contribution is -2.47. The number of carbonyl (C=O) groups is 6. The standard InChI is InChI=1S/C40H57F2N7O4S.2C2HF3O2/c1-28(50)47-34(13-8-9-17-43)39(53)46-20-19-45-36(51)16-22-54-27-37(52)49(21-10-18-44)38(40(2,3)4)35-23-30(32-24-31(41)14-15-33(32)42)26-48(35)25-29-11-6-5-7-12-29;2*3-2(4,5)1(6)7/h5-7,11-12,14-15,23-24,26,34,38H,8-10,13,16-22,25,27,43-44H2,1-4H3,(H,45,51)(H,46,53)(H,47,50);2*(H,6,7)/t34-,38-;;/m0../s1. The summed E-state index contributed by atoms with van der Waals surface area (Å²) in [5.41, 5.74) is 13.4. The number of carboxylic acid groups (broad SMARTS) is 2. The number of carbonyl (C=O) groups excluding carboxylic acids is 4. The van der Waals surface area contributed by atoms with Crippen molar-refractivity contribution < 1.29 is 74.1 Å². The van der Waals surface area contributed by atoms with Crippen molar-refractivity contribution >= 4 is 47.3 Å². The van der Waals surface area contributed by atoms with Gasteiger partial charge in [0.25, 0.3) is 0 Å². The van der Waals surface area contributed by atoms with E-state index in [0.717, 1.165) is 29.8 Å². The minimum absolute atomic E-state index is 0.123. The summed E-state index contributed by atoms with van der Waals surface area (Å²) in [6, 6.07) is 13.9. The van der Waals surface area contributed by atoms with Crippen LogP contribution in [0.4, 0.5) is 35.1 Å². The summed E-state index contributed by atoms with van der Waals surface area (Å²) in [4.78, 5) is 70.3. The number of hydrogen-bond acceptors (Lipinski definition) is 9. The first-order valence-electron chi connectivity index (χ1n) is 21.0. The Morgan fingerprint density at radius 2 is 1.38 bits per heavy atom. The molecule has 0 saturated carbocycles. The number of rotatable bonds is 22. The number of amides is 4. The lowest BCUT2D eigenvalue weighted by atomic mass is 9.83. The molecule has 0 aliphatic rings. The molecule has 68 heavy (non-hydrogen) atoms. The number of hydrogen-bond donors (Lipinski definition) is 7. The molecule has 1 heterocycles. The maximum absolute atomic E-state index is 15.1. The quantitative estimate of drug-likeness (QED) is 0.0455. The number of unbranched alkanes of at least 4 members (excludes halogenated alkanes) is 1. The second kappa shape index (κ2) is 29.2. The summed E-state index contributed by atoms with van der Waals surface area (Å²) < 4.78 is 94.9. The number of nitrogens with zero attached hydrogens (tertiary/aromatic N) is 2. The Hall–Kier alpha value is -5.75. The minimum atomic E-state index is -5.08. The van der Waals surface area contributed by atoms with Crippen molar-refractivity contribution in [1.29, 1.82) is 0 Å². The lowest BCUT2D eigenvalue weighted by Gasteiger charge is -2.41. The topological polar surface area (TPSA) is 239 Å². The molecule has 380 valence electrons. The molecule has 0 radical (unpaired) electrons. The van der Waals surface area contributed by atoms with E-state index in [1.54, 1.807) is 0 Å². The third-order valence-corrected chi connectivity index (χ3v) is 10.2. The molecule has 1 aromatic heterocycles. The van der Waals surface area contributed by atoms with Gasteiger partial charge < -0.3 is 47.1 Å². The molecule has 0 bridgehead atoms. The number of nitrogens with one attached hydrogen (secondary N) is 3. The molecule has 0 spiro atoms. The van der Waals surface area contributed by atoms with Gasteiger partial charge in [0.15, 0.2) is 0 Å². The number of nitrogens with two attached hydrogens (primary N) is 2. The van der Waals surface area contributed by atoms with Crippen LogP contribution >= 0.6 is 11.8 Å². The van der Waals surface area contributed by atoms with Crippen LogP contribution in [0.15, 0.2) is 60.8 Å². The van der Waals surface area contributed by atoms with Gasteiger partial charge in [-0.25, -0.2) is 18.4 Å². The van der Waals surface area contributed by atoms with Crippen LogP contribution in [0.25, 0.3) is 11.1 Å². The third kappa shape index (κ3) is 22.8. The van der Waals surface area contributed by atoms with Crippen LogP contribution in [0.2, 0.25) is 0 Å². The Kier molecular flexibility index (Phi) is 25.9. The summed E-state index contributed by atoms with van der Waals surface area (Å²) >= 11 is 1.35. The first-order chi connectivity index (χ1) is 31.6. The Morgan fingerprint density at radius 1 is 0.809 bits per heavy atom.